The second-order valence-electron chi connectivity index (χ2n) is 3.66. The highest BCUT2D eigenvalue weighted by atomic mass is 32.2. The second-order valence-corrected chi connectivity index (χ2v) is 5.53. The quantitative estimate of drug-likeness (QED) is 0.830. The number of nitrogens with one attached hydrogen (secondary N) is 1. The number of halogens is 1. The average Bonchev–Trinajstić information content (AvgIpc) is 2.29. The summed E-state index contributed by atoms with van der Waals surface area (Å²) in [4.78, 5) is 0. The van der Waals surface area contributed by atoms with Crippen molar-refractivity contribution in [1.82, 2.24) is 5.32 Å². The van der Waals surface area contributed by atoms with E-state index in [2.05, 4.69) is 5.32 Å². The van der Waals surface area contributed by atoms with Crippen molar-refractivity contribution in [1.29, 1.82) is 0 Å². The molecule has 1 aromatic rings. The molecule has 0 saturated heterocycles. The SMILES string of the molecule is CCS(=O)CCNC(C)c1ccc(F)cc1. The molecule has 0 bridgehead atoms. The number of hydrogen-bond donors (Lipinski definition) is 1. The van der Waals surface area contributed by atoms with Gasteiger partial charge in [-0.05, 0) is 24.6 Å². The monoisotopic (exact) mass is 243 g/mol. The maximum Gasteiger partial charge on any atom is 0.123 e. The van der Waals surface area contributed by atoms with Gasteiger partial charge >= 0.3 is 0 Å². The van der Waals surface area contributed by atoms with Crippen LogP contribution in [0.15, 0.2) is 24.3 Å². The van der Waals surface area contributed by atoms with Crippen LogP contribution in [0.4, 0.5) is 4.39 Å². The van der Waals surface area contributed by atoms with Crippen molar-refractivity contribution in [3.63, 3.8) is 0 Å². The van der Waals surface area contributed by atoms with Crippen LogP contribution in [0.5, 0.6) is 0 Å². The summed E-state index contributed by atoms with van der Waals surface area (Å²) in [6, 6.07) is 6.61. The van der Waals surface area contributed by atoms with E-state index in [4.69, 9.17) is 0 Å². The Kier molecular flexibility index (Phi) is 5.63. The molecule has 0 saturated carbocycles. The fourth-order valence-electron chi connectivity index (χ4n) is 1.40. The molecule has 0 heterocycles. The first kappa shape index (κ1) is 13.3. The Morgan fingerprint density at radius 2 is 2.00 bits per heavy atom. The summed E-state index contributed by atoms with van der Waals surface area (Å²) in [6.45, 7) is 4.65. The van der Waals surface area contributed by atoms with E-state index >= 15 is 0 Å². The van der Waals surface area contributed by atoms with Crippen LogP contribution in [-0.2, 0) is 10.8 Å². The van der Waals surface area contributed by atoms with Crippen molar-refractivity contribution in [2.24, 2.45) is 0 Å². The highest BCUT2D eigenvalue weighted by Gasteiger charge is 2.04. The molecule has 0 amide bonds. The predicted octanol–water partition coefficient (Wildman–Crippen LogP) is 2.24. The molecule has 1 rings (SSSR count). The Labute approximate surface area is 98.7 Å². The van der Waals surface area contributed by atoms with Crippen LogP contribution in [0.25, 0.3) is 0 Å². The molecule has 16 heavy (non-hydrogen) atoms. The lowest BCUT2D eigenvalue weighted by Gasteiger charge is -2.13. The molecule has 1 aromatic carbocycles. The summed E-state index contributed by atoms with van der Waals surface area (Å²) in [5, 5.41) is 3.27. The van der Waals surface area contributed by atoms with Gasteiger partial charge in [0.25, 0.3) is 0 Å². The van der Waals surface area contributed by atoms with E-state index in [9.17, 15) is 8.60 Å². The molecule has 0 fully saturated rings. The number of benzene rings is 1. The van der Waals surface area contributed by atoms with Crippen LogP contribution in [0, 0.1) is 5.82 Å². The fourth-order valence-corrected chi connectivity index (χ4v) is 2.04. The van der Waals surface area contributed by atoms with Crippen LogP contribution in [-0.4, -0.2) is 22.3 Å². The zero-order valence-corrected chi connectivity index (χ0v) is 10.5. The Morgan fingerprint density at radius 1 is 1.38 bits per heavy atom. The van der Waals surface area contributed by atoms with E-state index < -0.39 is 10.8 Å². The van der Waals surface area contributed by atoms with Gasteiger partial charge in [0.1, 0.15) is 5.82 Å². The Bertz CT molecular complexity index is 339. The minimum absolute atomic E-state index is 0.162. The molecular formula is C12H18FNOS. The lowest BCUT2D eigenvalue weighted by atomic mass is 10.1. The third-order valence-corrected chi connectivity index (χ3v) is 3.78. The molecule has 0 aliphatic heterocycles. The van der Waals surface area contributed by atoms with Crippen LogP contribution in [0.2, 0.25) is 0 Å². The van der Waals surface area contributed by atoms with Crippen LogP contribution in [0.1, 0.15) is 25.5 Å². The van der Waals surface area contributed by atoms with Gasteiger partial charge in [0.05, 0.1) is 0 Å². The molecule has 90 valence electrons. The van der Waals surface area contributed by atoms with Crippen molar-refractivity contribution in [3.05, 3.63) is 35.6 Å². The lowest BCUT2D eigenvalue weighted by Crippen LogP contribution is -2.24. The van der Waals surface area contributed by atoms with Crippen molar-refractivity contribution in [2.45, 2.75) is 19.9 Å². The summed E-state index contributed by atoms with van der Waals surface area (Å²) in [7, 11) is -0.726. The molecule has 2 unspecified atom stereocenters. The van der Waals surface area contributed by atoms with Crippen molar-refractivity contribution in [2.75, 3.05) is 18.1 Å². The second kappa shape index (κ2) is 6.76. The Balaban J connectivity index is 2.37. The first-order valence-electron chi connectivity index (χ1n) is 5.47. The first-order valence-corrected chi connectivity index (χ1v) is 6.96. The molecule has 4 heteroatoms. The van der Waals surface area contributed by atoms with Crippen molar-refractivity contribution in [3.8, 4) is 0 Å². The molecule has 0 aliphatic carbocycles. The number of hydrogen-bond acceptors (Lipinski definition) is 2. The van der Waals surface area contributed by atoms with Gasteiger partial charge in [0.15, 0.2) is 0 Å². The normalized spacial score (nSPS) is 14.7. The summed E-state index contributed by atoms with van der Waals surface area (Å²) in [5.74, 6) is 1.15. The molecular weight excluding hydrogens is 225 g/mol. The smallest absolute Gasteiger partial charge is 0.123 e. The van der Waals surface area contributed by atoms with E-state index in [1.807, 2.05) is 13.8 Å². The molecule has 0 radical (unpaired) electrons. The molecule has 1 N–H and O–H groups in total. The van der Waals surface area contributed by atoms with E-state index in [1.54, 1.807) is 12.1 Å². The summed E-state index contributed by atoms with van der Waals surface area (Å²) >= 11 is 0. The van der Waals surface area contributed by atoms with Gasteiger partial charge in [0.2, 0.25) is 0 Å². The van der Waals surface area contributed by atoms with Gasteiger partial charge in [-0.1, -0.05) is 19.1 Å². The standard InChI is InChI=1S/C12H18FNOS/c1-3-16(15)9-8-14-10(2)11-4-6-12(13)7-5-11/h4-7,10,14H,3,8-9H2,1-2H3. The highest BCUT2D eigenvalue weighted by Crippen LogP contribution is 2.12. The van der Waals surface area contributed by atoms with Crippen LogP contribution < -0.4 is 5.32 Å². The predicted molar refractivity (Wildman–Crippen MR) is 66.4 cm³/mol. The van der Waals surface area contributed by atoms with E-state index in [0.717, 1.165) is 12.1 Å². The first-order chi connectivity index (χ1) is 7.63. The highest BCUT2D eigenvalue weighted by molar-refractivity contribution is 7.84. The van der Waals surface area contributed by atoms with Crippen molar-refractivity contribution >= 4 is 10.8 Å². The summed E-state index contributed by atoms with van der Waals surface area (Å²) < 4.78 is 23.9. The summed E-state index contributed by atoms with van der Waals surface area (Å²) in [5.41, 5.74) is 1.05. The molecule has 0 spiro atoms. The number of rotatable bonds is 6. The minimum Gasteiger partial charge on any atom is -0.309 e. The van der Waals surface area contributed by atoms with E-state index in [0.29, 0.717) is 11.5 Å². The topological polar surface area (TPSA) is 29.1 Å². The van der Waals surface area contributed by atoms with Gasteiger partial charge in [-0.2, -0.15) is 0 Å². The fraction of sp³-hybridized carbons (Fsp3) is 0.500. The van der Waals surface area contributed by atoms with Gasteiger partial charge in [-0.25, -0.2) is 4.39 Å². The minimum atomic E-state index is -0.726. The Hall–Kier alpha value is -0.740. The maximum absolute atomic E-state index is 12.7. The largest absolute Gasteiger partial charge is 0.309 e. The molecule has 0 aromatic heterocycles. The third kappa shape index (κ3) is 4.41. The van der Waals surface area contributed by atoms with E-state index in [-0.39, 0.29) is 11.9 Å². The molecule has 2 nitrogen and oxygen atoms in total. The summed E-state index contributed by atoms with van der Waals surface area (Å²) in [6.07, 6.45) is 0. The van der Waals surface area contributed by atoms with Gasteiger partial charge in [-0.15, -0.1) is 0 Å². The molecule has 0 aliphatic rings. The zero-order valence-electron chi connectivity index (χ0n) is 9.70. The zero-order chi connectivity index (χ0) is 12.0. The average molecular weight is 243 g/mol. The van der Waals surface area contributed by atoms with Crippen LogP contribution >= 0.6 is 0 Å². The van der Waals surface area contributed by atoms with Crippen LogP contribution in [0.3, 0.4) is 0 Å². The van der Waals surface area contributed by atoms with Crippen molar-refractivity contribution < 1.29 is 8.60 Å². The Morgan fingerprint density at radius 3 is 2.56 bits per heavy atom. The lowest BCUT2D eigenvalue weighted by molar-refractivity contribution is 0.591. The maximum atomic E-state index is 12.7. The third-order valence-electron chi connectivity index (χ3n) is 2.47. The van der Waals surface area contributed by atoms with E-state index in [1.165, 1.54) is 12.1 Å². The van der Waals surface area contributed by atoms with Gasteiger partial charge in [-0.3, -0.25) is 4.21 Å². The van der Waals surface area contributed by atoms with Gasteiger partial charge in [0, 0.05) is 34.9 Å². The van der Waals surface area contributed by atoms with Gasteiger partial charge < -0.3 is 5.32 Å². The molecule has 2 atom stereocenters.